The number of rotatable bonds is 7. The third-order valence-corrected chi connectivity index (χ3v) is 5.89. The molecular weight excluding hydrogens is 364 g/mol. The first-order valence-electron chi connectivity index (χ1n) is 9.92. The summed E-state index contributed by atoms with van der Waals surface area (Å²) in [4.78, 5) is 23.7. The van der Waals surface area contributed by atoms with E-state index in [0.717, 1.165) is 43.9 Å². The Kier molecular flexibility index (Phi) is 7.74. The molecule has 1 saturated carbocycles. The number of carbonyl (C=O) groups excluding carboxylic acids is 2. The topological polar surface area (TPSA) is 97.1 Å². The van der Waals surface area contributed by atoms with Crippen molar-refractivity contribution in [3.05, 3.63) is 17.5 Å². The van der Waals surface area contributed by atoms with E-state index in [9.17, 15) is 9.59 Å². The molecule has 0 atom stereocenters. The fourth-order valence-corrected chi connectivity index (χ4v) is 4.17. The second-order valence-electron chi connectivity index (χ2n) is 7.19. The minimum atomic E-state index is -0.453. The summed E-state index contributed by atoms with van der Waals surface area (Å²) in [5.41, 5.74) is 1.40. The highest BCUT2D eigenvalue weighted by Crippen LogP contribution is 2.32. The summed E-state index contributed by atoms with van der Waals surface area (Å²) >= 11 is 1.16. The van der Waals surface area contributed by atoms with Gasteiger partial charge in [-0.2, -0.15) is 0 Å². The van der Waals surface area contributed by atoms with Crippen molar-refractivity contribution in [2.75, 3.05) is 12.3 Å². The average molecular weight is 393 g/mol. The molecular formula is C19H28N4O3S. The fourth-order valence-electron chi connectivity index (χ4n) is 3.60. The van der Waals surface area contributed by atoms with Gasteiger partial charge in [0.2, 0.25) is 11.8 Å². The lowest BCUT2D eigenvalue weighted by Crippen LogP contribution is -2.40. The summed E-state index contributed by atoms with van der Waals surface area (Å²) in [7, 11) is 0. The van der Waals surface area contributed by atoms with Crippen LogP contribution in [0.4, 0.5) is 4.79 Å². The van der Waals surface area contributed by atoms with Crippen molar-refractivity contribution < 1.29 is 14.0 Å². The highest BCUT2D eigenvalue weighted by Gasteiger charge is 2.21. The van der Waals surface area contributed by atoms with Gasteiger partial charge in [0.25, 0.3) is 5.22 Å². The number of thioether (sulfide) groups is 1. The highest BCUT2D eigenvalue weighted by atomic mass is 32.2. The summed E-state index contributed by atoms with van der Waals surface area (Å²) in [6.07, 6.45) is 13.7. The van der Waals surface area contributed by atoms with E-state index in [0.29, 0.717) is 23.6 Å². The fraction of sp³-hybridized carbons (Fsp3) is 0.684. The molecule has 0 radical (unpaired) electrons. The molecule has 0 unspecified atom stereocenters. The van der Waals surface area contributed by atoms with Gasteiger partial charge in [-0.15, -0.1) is 10.2 Å². The van der Waals surface area contributed by atoms with E-state index >= 15 is 0 Å². The van der Waals surface area contributed by atoms with Gasteiger partial charge in [0.15, 0.2) is 0 Å². The second-order valence-corrected chi connectivity index (χ2v) is 8.12. The van der Waals surface area contributed by atoms with E-state index in [4.69, 9.17) is 4.42 Å². The Morgan fingerprint density at radius 1 is 1.15 bits per heavy atom. The largest absolute Gasteiger partial charge is 0.416 e. The number of allylic oxidation sites excluding steroid dienone is 1. The third kappa shape index (κ3) is 6.68. The molecule has 3 rings (SSSR count). The molecule has 0 bridgehead atoms. The van der Waals surface area contributed by atoms with Crippen molar-refractivity contribution in [2.24, 2.45) is 0 Å². The molecule has 1 heterocycles. The molecule has 2 aliphatic carbocycles. The maximum atomic E-state index is 11.9. The minimum Gasteiger partial charge on any atom is -0.416 e. The van der Waals surface area contributed by atoms with Crippen LogP contribution in [0.15, 0.2) is 21.3 Å². The third-order valence-electron chi connectivity index (χ3n) is 5.07. The maximum absolute atomic E-state index is 11.9. The van der Waals surface area contributed by atoms with Crippen molar-refractivity contribution in [1.82, 2.24) is 20.8 Å². The molecule has 1 aromatic rings. The van der Waals surface area contributed by atoms with Crippen molar-refractivity contribution in [3.63, 3.8) is 0 Å². The van der Waals surface area contributed by atoms with E-state index in [1.165, 1.54) is 37.7 Å². The van der Waals surface area contributed by atoms with E-state index in [1.54, 1.807) is 0 Å². The molecule has 1 aromatic heterocycles. The molecule has 1 fully saturated rings. The summed E-state index contributed by atoms with van der Waals surface area (Å²) in [6.45, 7) is 0.548. The molecule has 0 spiro atoms. The lowest BCUT2D eigenvalue weighted by molar-refractivity contribution is -0.117. The van der Waals surface area contributed by atoms with Crippen molar-refractivity contribution in [3.8, 4) is 0 Å². The molecule has 0 saturated heterocycles. The van der Waals surface area contributed by atoms with E-state index in [2.05, 4.69) is 26.9 Å². The molecule has 7 nitrogen and oxygen atoms in total. The first kappa shape index (κ1) is 19.9. The molecule has 0 aromatic carbocycles. The molecule has 2 N–H and O–H groups in total. The Hall–Kier alpha value is -1.83. The Balaban J connectivity index is 1.32. The maximum Gasteiger partial charge on any atom is 0.321 e. The highest BCUT2D eigenvalue weighted by molar-refractivity contribution is 7.99. The van der Waals surface area contributed by atoms with Gasteiger partial charge in [-0.3, -0.25) is 10.1 Å². The average Bonchev–Trinajstić information content (AvgIpc) is 3.17. The minimum absolute atomic E-state index is 0.0743. The number of carbonyl (C=O) groups is 2. The van der Waals surface area contributed by atoms with Crippen LogP contribution in [0.25, 0.3) is 0 Å². The molecule has 27 heavy (non-hydrogen) atoms. The van der Waals surface area contributed by atoms with Crippen LogP contribution >= 0.6 is 11.8 Å². The van der Waals surface area contributed by atoms with Crippen LogP contribution in [0.3, 0.4) is 0 Å². The Bertz CT molecular complexity index is 668. The normalized spacial score (nSPS) is 18.0. The predicted octanol–water partition coefficient (Wildman–Crippen LogP) is 3.93. The zero-order valence-electron chi connectivity index (χ0n) is 15.7. The van der Waals surface area contributed by atoms with E-state index < -0.39 is 6.03 Å². The number of aromatic nitrogens is 2. The van der Waals surface area contributed by atoms with Gasteiger partial charge in [0.05, 0.1) is 5.75 Å². The number of hydrogen-bond acceptors (Lipinski definition) is 6. The lowest BCUT2D eigenvalue weighted by Gasteiger charge is -2.17. The monoisotopic (exact) mass is 392 g/mol. The number of imide groups is 1. The zero-order valence-corrected chi connectivity index (χ0v) is 16.5. The van der Waals surface area contributed by atoms with Crippen LogP contribution in [0, 0.1) is 0 Å². The summed E-state index contributed by atoms with van der Waals surface area (Å²) in [6, 6.07) is -0.453. The second kappa shape index (κ2) is 10.5. The van der Waals surface area contributed by atoms with Gasteiger partial charge < -0.3 is 9.73 Å². The molecule has 3 amide bonds. The van der Waals surface area contributed by atoms with Gasteiger partial charge in [0.1, 0.15) is 0 Å². The van der Waals surface area contributed by atoms with Gasteiger partial charge in [0, 0.05) is 12.5 Å². The number of nitrogens with one attached hydrogen (secondary N) is 2. The quantitative estimate of drug-likeness (QED) is 0.539. The van der Waals surface area contributed by atoms with Gasteiger partial charge in [-0.25, -0.2) is 4.79 Å². The SMILES string of the molecule is O=C(CSc1nnc(C2CCCCC2)o1)NC(=O)NCCC1=CCCCC1. The van der Waals surface area contributed by atoms with Gasteiger partial charge in [-0.05, 0) is 44.9 Å². The van der Waals surface area contributed by atoms with Crippen molar-refractivity contribution in [1.29, 1.82) is 0 Å². The van der Waals surface area contributed by atoms with Crippen LogP contribution in [-0.2, 0) is 4.79 Å². The van der Waals surface area contributed by atoms with Crippen molar-refractivity contribution in [2.45, 2.75) is 75.3 Å². The molecule has 8 heteroatoms. The first-order valence-corrected chi connectivity index (χ1v) is 10.9. The van der Waals surface area contributed by atoms with Crippen LogP contribution in [0.1, 0.15) is 76.0 Å². The number of nitrogens with zero attached hydrogens (tertiary/aromatic N) is 2. The summed E-state index contributed by atoms with van der Waals surface area (Å²) in [5.74, 6) is 0.726. The Labute approximate surface area is 164 Å². The summed E-state index contributed by atoms with van der Waals surface area (Å²) < 4.78 is 5.66. The van der Waals surface area contributed by atoms with Gasteiger partial charge >= 0.3 is 6.03 Å². The zero-order chi connectivity index (χ0) is 18.9. The number of hydrogen-bond donors (Lipinski definition) is 2. The predicted molar refractivity (Wildman–Crippen MR) is 104 cm³/mol. The van der Waals surface area contributed by atoms with Crippen LogP contribution in [0.2, 0.25) is 0 Å². The summed E-state index contributed by atoms with van der Waals surface area (Å²) in [5, 5.41) is 13.6. The lowest BCUT2D eigenvalue weighted by atomic mass is 9.89. The van der Waals surface area contributed by atoms with Crippen LogP contribution < -0.4 is 10.6 Å². The number of amides is 3. The van der Waals surface area contributed by atoms with E-state index in [1.807, 2.05) is 0 Å². The van der Waals surface area contributed by atoms with Gasteiger partial charge in [-0.1, -0.05) is 42.7 Å². The van der Waals surface area contributed by atoms with Crippen LogP contribution in [0.5, 0.6) is 0 Å². The first-order chi connectivity index (χ1) is 13.2. The van der Waals surface area contributed by atoms with Crippen LogP contribution in [-0.4, -0.2) is 34.4 Å². The standard InChI is InChI=1S/C19H28N4O3S/c24-16(21-18(25)20-12-11-14-7-3-1-4-8-14)13-27-19-23-22-17(26-19)15-9-5-2-6-10-15/h7,15H,1-6,8-13H2,(H2,20,21,24,25). The Morgan fingerprint density at radius 2 is 2.00 bits per heavy atom. The molecule has 2 aliphatic rings. The molecule has 148 valence electrons. The number of urea groups is 1. The smallest absolute Gasteiger partial charge is 0.321 e. The van der Waals surface area contributed by atoms with Crippen molar-refractivity contribution >= 4 is 23.7 Å². The Morgan fingerprint density at radius 3 is 2.78 bits per heavy atom. The van der Waals surface area contributed by atoms with E-state index in [-0.39, 0.29) is 11.7 Å². The molecule has 0 aliphatic heterocycles.